The van der Waals surface area contributed by atoms with Crippen LogP contribution in [-0.4, -0.2) is 62.1 Å². The van der Waals surface area contributed by atoms with Crippen LogP contribution >= 0.6 is 12.4 Å². The second-order valence-corrected chi connectivity index (χ2v) is 8.84. The van der Waals surface area contributed by atoms with E-state index in [1.807, 2.05) is 4.90 Å². The molecule has 9 nitrogen and oxygen atoms in total. The SMILES string of the molecule is Cc1c(C(=O)O)[nH]c2cc(OCCN(CCO)c3ccccc3NS(C)(=O)=O)ccc12.Cl. The zero-order valence-electron chi connectivity index (χ0n) is 17.7. The predicted octanol–water partition coefficient (Wildman–Crippen LogP) is 2.85. The first-order chi connectivity index (χ1) is 14.7. The number of halogens is 1. The molecule has 0 unspecified atom stereocenters. The van der Waals surface area contributed by atoms with Crippen LogP contribution in [0, 0.1) is 6.92 Å². The summed E-state index contributed by atoms with van der Waals surface area (Å²) in [6.45, 7) is 2.59. The van der Waals surface area contributed by atoms with Crippen LogP contribution in [0.5, 0.6) is 5.75 Å². The molecule has 0 aliphatic heterocycles. The summed E-state index contributed by atoms with van der Waals surface area (Å²) in [4.78, 5) is 16.0. The normalized spacial score (nSPS) is 11.1. The Morgan fingerprint density at radius 3 is 2.56 bits per heavy atom. The molecule has 1 aromatic heterocycles. The van der Waals surface area contributed by atoms with Crippen molar-refractivity contribution in [3.8, 4) is 5.75 Å². The number of benzene rings is 2. The first-order valence-electron chi connectivity index (χ1n) is 9.60. The highest BCUT2D eigenvalue weighted by Crippen LogP contribution is 2.27. The highest BCUT2D eigenvalue weighted by atomic mass is 35.5. The summed E-state index contributed by atoms with van der Waals surface area (Å²) in [6.07, 6.45) is 1.08. The Labute approximate surface area is 192 Å². The maximum Gasteiger partial charge on any atom is 0.352 e. The Bertz CT molecular complexity index is 1200. The van der Waals surface area contributed by atoms with Gasteiger partial charge in [-0.15, -0.1) is 12.4 Å². The number of anilines is 2. The van der Waals surface area contributed by atoms with Crippen molar-refractivity contribution < 1.29 is 28.2 Å². The third kappa shape index (κ3) is 6.06. The summed E-state index contributed by atoms with van der Waals surface area (Å²) in [5.41, 5.74) is 2.53. The van der Waals surface area contributed by atoms with E-state index in [1.165, 1.54) is 0 Å². The number of hydrogen-bond acceptors (Lipinski definition) is 6. The number of aromatic carboxylic acids is 1. The molecule has 0 saturated heterocycles. The van der Waals surface area contributed by atoms with Gasteiger partial charge in [0.1, 0.15) is 18.1 Å². The molecular weight excluding hydrogens is 458 g/mol. The first kappa shape index (κ1) is 25.3. The van der Waals surface area contributed by atoms with Crippen LogP contribution in [0.25, 0.3) is 10.9 Å². The number of nitrogens with one attached hydrogen (secondary N) is 2. The molecule has 0 amide bonds. The number of aromatic nitrogens is 1. The average Bonchev–Trinajstić information content (AvgIpc) is 3.03. The van der Waals surface area contributed by atoms with Gasteiger partial charge in [-0.1, -0.05) is 12.1 Å². The number of aliphatic hydroxyl groups excluding tert-OH is 1. The van der Waals surface area contributed by atoms with E-state index >= 15 is 0 Å². The molecule has 0 atom stereocenters. The van der Waals surface area contributed by atoms with Gasteiger partial charge in [0.15, 0.2) is 0 Å². The Morgan fingerprint density at radius 2 is 1.91 bits per heavy atom. The van der Waals surface area contributed by atoms with Gasteiger partial charge in [0.25, 0.3) is 0 Å². The van der Waals surface area contributed by atoms with Crippen molar-refractivity contribution in [3.05, 3.63) is 53.7 Å². The monoisotopic (exact) mass is 483 g/mol. The van der Waals surface area contributed by atoms with Crippen LogP contribution in [0.2, 0.25) is 0 Å². The Balaban J connectivity index is 0.00000363. The molecule has 0 saturated carbocycles. The van der Waals surface area contributed by atoms with Crippen molar-refractivity contribution in [2.24, 2.45) is 0 Å². The fourth-order valence-corrected chi connectivity index (χ4v) is 3.98. The number of aromatic amines is 1. The van der Waals surface area contributed by atoms with Gasteiger partial charge in [0.2, 0.25) is 10.0 Å². The van der Waals surface area contributed by atoms with Gasteiger partial charge in [-0.25, -0.2) is 13.2 Å². The largest absolute Gasteiger partial charge is 0.492 e. The van der Waals surface area contributed by atoms with E-state index in [-0.39, 0.29) is 31.3 Å². The molecular formula is C21H26ClN3O6S. The summed E-state index contributed by atoms with van der Waals surface area (Å²) in [6, 6.07) is 12.3. The molecule has 11 heteroatoms. The van der Waals surface area contributed by atoms with E-state index in [4.69, 9.17) is 4.74 Å². The molecule has 0 radical (unpaired) electrons. The van der Waals surface area contributed by atoms with Crippen molar-refractivity contribution >= 4 is 50.7 Å². The number of carbonyl (C=O) groups is 1. The van der Waals surface area contributed by atoms with Gasteiger partial charge in [0, 0.05) is 18.0 Å². The fraction of sp³-hybridized carbons (Fsp3) is 0.286. The number of ether oxygens (including phenoxy) is 1. The molecule has 0 aliphatic carbocycles. The van der Waals surface area contributed by atoms with Crippen molar-refractivity contribution in [1.29, 1.82) is 0 Å². The molecule has 0 aliphatic rings. The summed E-state index contributed by atoms with van der Waals surface area (Å²) >= 11 is 0. The molecule has 174 valence electrons. The second-order valence-electron chi connectivity index (χ2n) is 7.09. The first-order valence-corrected chi connectivity index (χ1v) is 11.5. The molecule has 1 heterocycles. The van der Waals surface area contributed by atoms with Gasteiger partial charge in [-0.2, -0.15) is 0 Å². The van der Waals surface area contributed by atoms with E-state index in [0.29, 0.717) is 41.3 Å². The Morgan fingerprint density at radius 1 is 1.19 bits per heavy atom. The maximum absolute atomic E-state index is 11.7. The lowest BCUT2D eigenvalue weighted by Crippen LogP contribution is -2.32. The molecule has 3 rings (SSSR count). The van der Waals surface area contributed by atoms with E-state index in [2.05, 4.69) is 9.71 Å². The summed E-state index contributed by atoms with van der Waals surface area (Å²) in [7, 11) is -3.46. The zero-order chi connectivity index (χ0) is 22.6. The van der Waals surface area contributed by atoms with Crippen molar-refractivity contribution in [3.63, 3.8) is 0 Å². The third-order valence-electron chi connectivity index (χ3n) is 4.78. The van der Waals surface area contributed by atoms with Crippen LogP contribution in [0.1, 0.15) is 16.1 Å². The molecule has 2 aromatic carbocycles. The van der Waals surface area contributed by atoms with Gasteiger partial charge in [0.05, 0.1) is 36.3 Å². The van der Waals surface area contributed by atoms with Crippen molar-refractivity contribution in [1.82, 2.24) is 4.98 Å². The Kier molecular flexibility index (Phi) is 8.37. The van der Waals surface area contributed by atoms with Gasteiger partial charge in [-0.3, -0.25) is 4.72 Å². The number of fused-ring (bicyclic) bond motifs is 1. The number of aryl methyl sites for hydroxylation is 1. The number of para-hydroxylation sites is 2. The van der Waals surface area contributed by atoms with Gasteiger partial charge < -0.3 is 24.8 Å². The van der Waals surface area contributed by atoms with Crippen LogP contribution in [-0.2, 0) is 10.0 Å². The minimum absolute atomic E-state index is 0. The fourth-order valence-electron chi connectivity index (χ4n) is 3.40. The number of sulfonamides is 1. The topological polar surface area (TPSA) is 132 Å². The smallest absolute Gasteiger partial charge is 0.352 e. The molecule has 32 heavy (non-hydrogen) atoms. The zero-order valence-corrected chi connectivity index (χ0v) is 19.3. The number of hydrogen-bond donors (Lipinski definition) is 4. The lowest BCUT2D eigenvalue weighted by atomic mass is 10.1. The summed E-state index contributed by atoms with van der Waals surface area (Å²) in [5.74, 6) is -0.450. The van der Waals surface area contributed by atoms with Crippen LogP contribution in [0.3, 0.4) is 0 Å². The van der Waals surface area contributed by atoms with E-state index in [0.717, 1.165) is 11.6 Å². The number of aliphatic hydroxyl groups is 1. The number of carboxylic acids is 1. The predicted molar refractivity (Wildman–Crippen MR) is 127 cm³/mol. The van der Waals surface area contributed by atoms with Crippen molar-refractivity contribution in [2.75, 3.05) is 42.2 Å². The minimum Gasteiger partial charge on any atom is -0.492 e. The number of rotatable bonds is 10. The minimum atomic E-state index is -3.46. The molecule has 0 bridgehead atoms. The van der Waals surface area contributed by atoms with Crippen molar-refractivity contribution in [2.45, 2.75) is 6.92 Å². The molecule has 0 spiro atoms. The highest BCUT2D eigenvalue weighted by Gasteiger charge is 2.15. The molecule has 0 fully saturated rings. The molecule has 3 aromatic rings. The molecule has 4 N–H and O–H groups in total. The number of H-pyrrole nitrogens is 1. The highest BCUT2D eigenvalue weighted by molar-refractivity contribution is 7.92. The lowest BCUT2D eigenvalue weighted by molar-refractivity contribution is 0.0690. The lowest BCUT2D eigenvalue weighted by Gasteiger charge is -2.26. The van der Waals surface area contributed by atoms with Crippen LogP contribution in [0.4, 0.5) is 11.4 Å². The third-order valence-corrected chi connectivity index (χ3v) is 5.37. The van der Waals surface area contributed by atoms with Crippen LogP contribution < -0.4 is 14.4 Å². The summed E-state index contributed by atoms with van der Waals surface area (Å²) in [5, 5.41) is 19.5. The van der Waals surface area contributed by atoms with Crippen LogP contribution in [0.15, 0.2) is 42.5 Å². The summed E-state index contributed by atoms with van der Waals surface area (Å²) < 4.78 is 31.7. The number of nitrogens with zero attached hydrogens (tertiary/aromatic N) is 1. The second kappa shape index (κ2) is 10.6. The quantitative estimate of drug-likeness (QED) is 0.348. The van der Waals surface area contributed by atoms with E-state index in [1.54, 1.807) is 49.4 Å². The van der Waals surface area contributed by atoms with E-state index in [9.17, 15) is 23.4 Å². The van der Waals surface area contributed by atoms with Gasteiger partial charge >= 0.3 is 5.97 Å². The average molecular weight is 484 g/mol. The standard InChI is InChI=1S/C21H25N3O6S.ClH/c1-14-16-8-7-15(13-18(16)22-20(14)21(26)27)30-12-10-24(9-11-25)19-6-4-3-5-17(19)23-31(2,28)29;/h3-8,13,22-23,25H,9-12H2,1-2H3,(H,26,27);1H. The maximum atomic E-state index is 11.7. The number of carboxylic acid groups (broad SMARTS) is 1. The Hall–Kier alpha value is -2.95. The van der Waals surface area contributed by atoms with E-state index < -0.39 is 16.0 Å². The van der Waals surface area contributed by atoms with Gasteiger partial charge in [-0.05, 0) is 36.8 Å².